The van der Waals surface area contributed by atoms with E-state index in [4.69, 9.17) is 9.73 Å². The molecule has 1 saturated heterocycles. The average molecular weight is 488 g/mol. The van der Waals surface area contributed by atoms with Crippen LogP contribution in [-0.2, 0) is 11.3 Å². The predicted molar refractivity (Wildman–Crippen MR) is 131 cm³/mol. The van der Waals surface area contributed by atoms with Crippen LogP contribution in [0.2, 0.25) is 0 Å². The van der Waals surface area contributed by atoms with E-state index in [1.54, 1.807) is 0 Å². The number of nitrogens with zero attached hydrogens (tertiary/aromatic N) is 2. The molecule has 0 unspecified atom stereocenters. The molecule has 168 valence electrons. The molecular formula is C25H34BrN3O2. The quantitative estimate of drug-likeness (QED) is 0.491. The van der Waals surface area contributed by atoms with Gasteiger partial charge in [-0.2, -0.15) is 0 Å². The van der Waals surface area contributed by atoms with E-state index in [0.29, 0.717) is 6.61 Å². The summed E-state index contributed by atoms with van der Waals surface area (Å²) >= 11 is 3.52. The molecule has 1 heterocycles. The maximum atomic E-state index is 12.1. The molecule has 0 atom stereocenters. The zero-order valence-electron chi connectivity index (χ0n) is 18.7. The Morgan fingerprint density at radius 1 is 1.29 bits per heavy atom. The van der Waals surface area contributed by atoms with Crippen molar-refractivity contribution in [2.45, 2.75) is 46.1 Å². The second kappa shape index (κ2) is 11.6. The first kappa shape index (κ1) is 23.7. The third-order valence-corrected chi connectivity index (χ3v) is 6.60. The standard InChI is InChI=1S/C25H34BrN3O2/c1-3-31-24(30)29-14-12-25(13-15-29,22-9-5-4-6-10-22)19-28-20(2)17-27-18-21-8-7-11-23(26)16-21/h5,7-11,16,27H,3-4,6,12-15,17-19H2,1-2H3. The highest BCUT2D eigenvalue weighted by Gasteiger charge is 2.38. The van der Waals surface area contributed by atoms with E-state index in [1.165, 1.54) is 11.1 Å². The van der Waals surface area contributed by atoms with Gasteiger partial charge in [-0.3, -0.25) is 4.99 Å². The number of hydrogen-bond donors (Lipinski definition) is 1. The summed E-state index contributed by atoms with van der Waals surface area (Å²) in [6.45, 7) is 8.17. The van der Waals surface area contributed by atoms with Crippen molar-refractivity contribution in [2.24, 2.45) is 10.4 Å². The van der Waals surface area contributed by atoms with E-state index < -0.39 is 0 Å². The van der Waals surface area contributed by atoms with Crippen LogP contribution >= 0.6 is 15.9 Å². The highest BCUT2D eigenvalue weighted by Crippen LogP contribution is 2.41. The minimum Gasteiger partial charge on any atom is -0.450 e. The second-order valence-electron chi connectivity index (χ2n) is 8.39. The van der Waals surface area contributed by atoms with Crippen molar-refractivity contribution in [3.63, 3.8) is 0 Å². The Morgan fingerprint density at radius 2 is 2.10 bits per heavy atom. The van der Waals surface area contributed by atoms with E-state index in [-0.39, 0.29) is 11.5 Å². The number of rotatable bonds is 8. The van der Waals surface area contributed by atoms with Crippen molar-refractivity contribution in [2.75, 3.05) is 32.8 Å². The summed E-state index contributed by atoms with van der Waals surface area (Å²) in [5.41, 5.74) is 3.76. The van der Waals surface area contributed by atoms with Gasteiger partial charge < -0.3 is 15.0 Å². The lowest BCUT2D eigenvalue weighted by molar-refractivity contribution is 0.0805. The number of allylic oxidation sites excluding steroid dienone is 3. The number of carbonyl (C=O) groups is 1. The minimum atomic E-state index is -0.194. The molecule has 1 aliphatic heterocycles. The summed E-state index contributed by atoms with van der Waals surface area (Å²) in [6.07, 6.45) is 10.8. The fraction of sp³-hybridized carbons (Fsp3) is 0.520. The van der Waals surface area contributed by atoms with Gasteiger partial charge in [-0.25, -0.2) is 4.79 Å². The van der Waals surface area contributed by atoms with E-state index in [9.17, 15) is 4.79 Å². The molecule has 5 nitrogen and oxygen atoms in total. The Bertz CT molecular complexity index is 839. The normalized spacial score (nSPS) is 18.6. The Hall–Kier alpha value is -1.92. The highest BCUT2D eigenvalue weighted by molar-refractivity contribution is 9.10. The molecular weight excluding hydrogens is 454 g/mol. The Kier molecular flexibility index (Phi) is 8.90. The number of likely N-dealkylation sites (tertiary alicyclic amines) is 1. The number of benzene rings is 1. The van der Waals surface area contributed by atoms with Gasteiger partial charge in [0.2, 0.25) is 0 Å². The zero-order chi connectivity index (χ0) is 22.1. The van der Waals surface area contributed by atoms with Crippen LogP contribution in [0.4, 0.5) is 4.79 Å². The number of carbonyl (C=O) groups excluding carboxylic acids is 1. The summed E-state index contributed by atoms with van der Waals surface area (Å²) in [7, 11) is 0. The van der Waals surface area contributed by atoms with Gasteiger partial charge in [0.05, 0.1) is 6.61 Å². The van der Waals surface area contributed by atoms with Gasteiger partial charge in [-0.1, -0.05) is 46.3 Å². The van der Waals surface area contributed by atoms with Crippen molar-refractivity contribution >= 4 is 27.7 Å². The van der Waals surface area contributed by atoms with E-state index >= 15 is 0 Å². The Morgan fingerprint density at radius 3 is 2.77 bits per heavy atom. The molecule has 1 amide bonds. The Labute approximate surface area is 194 Å². The summed E-state index contributed by atoms with van der Waals surface area (Å²) in [5, 5.41) is 3.49. The smallest absolute Gasteiger partial charge is 0.409 e. The number of amides is 1. The second-order valence-corrected chi connectivity index (χ2v) is 9.31. The van der Waals surface area contributed by atoms with E-state index in [1.807, 2.05) is 17.9 Å². The Balaban J connectivity index is 1.60. The van der Waals surface area contributed by atoms with Crippen molar-refractivity contribution in [1.82, 2.24) is 10.2 Å². The van der Waals surface area contributed by atoms with Crippen LogP contribution in [0, 0.1) is 5.41 Å². The van der Waals surface area contributed by atoms with Crippen LogP contribution in [-0.4, -0.2) is 49.5 Å². The number of ether oxygens (including phenoxy) is 1. The molecule has 1 N–H and O–H groups in total. The van der Waals surface area contributed by atoms with Crippen LogP contribution in [0.3, 0.4) is 0 Å². The molecule has 0 spiro atoms. The molecule has 1 fully saturated rings. The van der Waals surface area contributed by atoms with Crippen molar-refractivity contribution in [3.8, 4) is 0 Å². The summed E-state index contributed by atoms with van der Waals surface area (Å²) in [6, 6.07) is 8.35. The average Bonchev–Trinajstić information content (AvgIpc) is 2.79. The lowest BCUT2D eigenvalue weighted by Gasteiger charge is -2.42. The summed E-state index contributed by atoms with van der Waals surface area (Å²) in [5.74, 6) is 0. The largest absolute Gasteiger partial charge is 0.450 e. The van der Waals surface area contributed by atoms with Crippen LogP contribution in [0.25, 0.3) is 0 Å². The number of nitrogens with one attached hydrogen (secondary N) is 1. The van der Waals surface area contributed by atoms with Crippen molar-refractivity contribution in [3.05, 3.63) is 58.1 Å². The van der Waals surface area contributed by atoms with Gasteiger partial charge in [-0.15, -0.1) is 0 Å². The third-order valence-electron chi connectivity index (χ3n) is 6.10. The first-order chi connectivity index (χ1) is 15.0. The fourth-order valence-corrected chi connectivity index (χ4v) is 4.70. The minimum absolute atomic E-state index is 0.00543. The van der Waals surface area contributed by atoms with Crippen molar-refractivity contribution in [1.29, 1.82) is 0 Å². The molecule has 0 radical (unpaired) electrons. The third kappa shape index (κ3) is 6.78. The fourth-order valence-electron chi connectivity index (χ4n) is 4.25. The van der Waals surface area contributed by atoms with E-state index in [2.05, 4.69) is 64.6 Å². The summed E-state index contributed by atoms with van der Waals surface area (Å²) in [4.78, 5) is 19.0. The van der Waals surface area contributed by atoms with Crippen LogP contribution in [0.15, 0.2) is 57.5 Å². The number of aliphatic imine (C=N–C) groups is 1. The van der Waals surface area contributed by atoms with Crippen molar-refractivity contribution < 1.29 is 9.53 Å². The van der Waals surface area contributed by atoms with Gasteiger partial charge in [0.25, 0.3) is 0 Å². The first-order valence-electron chi connectivity index (χ1n) is 11.3. The molecule has 1 aromatic rings. The maximum Gasteiger partial charge on any atom is 0.409 e. The van der Waals surface area contributed by atoms with Gasteiger partial charge in [0, 0.05) is 48.3 Å². The monoisotopic (exact) mass is 487 g/mol. The molecule has 2 aliphatic rings. The highest BCUT2D eigenvalue weighted by atomic mass is 79.9. The van der Waals surface area contributed by atoms with Gasteiger partial charge in [0.15, 0.2) is 0 Å². The lowest BCUT2D eigenvalue weighted by atomic mass is 9.71. The molecule has 1 aliphatic carbocycles. The molecule has 0 saturated carbocycles. The number of piperidine rings is 1. The van der Waals surface area contributed by atoms with Crippen LogP contribution in [0.5, 0.6) is 0 Å². The van der Waals surface area contributed by atoms with Gasteiger partial charge >= 0.3 is 6.09 Å². The first-order valence-corrected chi connectivity index (χ1v) is 12.1. The van der Waals surface area contributed by atoms with Crippen LogP contribution < -0.4 is 5.32 Å². The number of hydrogen-bond acceptors (Lipinski definition) is 4. The maximum absolute atomic E-state index is 12.1. The predicted octanol–water partition coefficient (Wildman–Crippen LogP) is 5.51. The van der Waals surface area contributed by atoms with Gasteiger partial charge in [-0.05, 0) is 62.8 Å². The zero-order valence-corrected chi connectivity index (χ0v) is 20.3. The molecule has 0 bridgehead atoms. The number of halogens is 1. The topological polar surface area (TPSA) is 53.9 Å². The SMILES string of the molecule is CCOC(=O)N1CCC(CN=C(C)CNCc2cccc(Br)c2)(C2=CCCC=C2)CC1. The molecule has 31 heavy (non-hydrogen) atoms. The molecule has 0 aromatic heterocycles. The van der Waals surface area contributed by atoms with Crippen LogP contribution in [0.1, 0.15) is 45.1 Å². The van der Waals surface area contributed by atoms with E-state index in [0.717, 1.165) is 68.6 Å². The molecule has 3 rings (SSSR count). The summed E-state index contributed by atoms with van der Waals surface area (Å²) < 4.78 is 6.30. The molecule has 6 heteroatoms. The lowest BCUT2D eigenvalue weighted by Crippen LogP contribution is -2.45. The molecule has 1 aromatic carbocycles. The van der Waals surface area contributed by atoms with Gasteiger partial charge in [0.1, 0.15) is 0 Å².